The number of carbonyl (C=O) groups excluding carboxylic acids is 1. The number of nitrogens with one attached hydrogen (secondary N) is 1. The Balaban J connectivity index is 0.00000176. The van der Waals surface area contributed by atoms with E-state index in [9.17, 15) is 4.79 Å². The quantitative estimate of drug-likeness (QED) is 0.928. The summed E-state index contributed by atoms with van der Waals surface area (Å²) in [5.74, 6) is 0.283. The summed E-state index contributed by atoms with van der Waals surface area (Å²) < 4.78 is 0. The number of carbonyl (C=O) groups is 1. The molecule has 2 aliphatic rings. The number of hydrogen-bond donors (Lipinski definition) is 1. The third kappa shape index (κ3) is 4.02. The van der Waals surface area contributed by atoms with Crippen LogP contribution >= 0.6 is 12.4 Å². The van der Waals surface area contributed by atoms with Crippen LogP contribution in [0.4, 0.5) is 0 Å². The molecule has 1 saturated heterocycles. The summed E-state index contributed by atoms with van der Waals surface area (Å²) in [5.41, 5.74) is 4.15. The van der Waals surface area contributed by atoms with E-state index in [1.807, 2.05) is 11.9 Å². The molecule has 1 unspecified atom stereocenters. The van der Waals surface area contributed by atoms with Crippen molar-refractivity contribution in [1.29, 1.82) is 0 Å². The Morgan fingerprint density at radius 3 is 2.77 bits per heavy atom. The SMILES string of the molecule is CNC1CCCN(C(=O)Cc2ccc3c(c2)CCCC3)C1.Cl. The molecule has 1 amide bonds. The summed E-state index contributed by atoms with van der Waals surface area (Å²) in [7, 11) is 1.99. The van der Waals surface area contributed by atoms with Gasteiger partial charge in [0.15, 0.2) is 0 Å². The molecule has 0 aromatic heterocycles. The summed E-state index contributed by atoms with van der Waals surface area (Å²) in [6, 6.07) is 7.13. The minimum atomic E-state index is 0. The first-order valence-corrected chi connectivity index (χ1v) is 8.32. The number of fused-ring (bicyclic) bond motifs is 1. The van der Waals surface area contributed by atoms with Crippen LogP contribution in [-0.4, -0.2) is 37.0 Å². The highest BCUT2D eigenvalue weighted by Gasteiger charge is 2.22. The Bertz CT molecular complexity index is 518. The molecule has 1 aliphatic carbocycles. The van der Waals surface area contributed by atoms with E-state index < -0.39 is 0 Å². The molecule has 1 aromatic rings. The Labute approximate surface area is 139 Å². The first-order valence-electron chi connectivity index (χ1n) is 8.32. The van der Waals surface area contributed by atoms with E-state index in [1.165, 1.54) is 48.8 Å². The van der Waals surface area contributed by atoms with Gasteiger partial charge in [-0.15, -0.1) is 12.4 Å². The normalized spacial score (nSPS) is 21.0. The molecule has 0 radical (unpaired) electrons. The van der Waals surface area contributed by atoms with Crippen molar-refractivity contribution in [3.8, 4) is 0 Å². The Morgan fingerprint density at radius 1 is 1.23 bits per heavy atom. The van der Waals surface area contributed by atoms with Crippen LogP contribution in [0.3, 0.4) is 0 Å². The predicted molar refractivity (Wildman–Crippen MR) is 92.7 cm³/mol. The summed E-state index contributed by atoms with van der Waals surface area (Å²) in [5, 5.41) is 3.30. The molecule has 0 saturated carbocycles. The van der Waals surface area contributed by atoms with Crippen LogP contribution in [0.5, 0.6) is 0 Å². The number of aryl methyl sites for hydroxylation is 2. The molecule has 1 N–H and O–H groups in total. The van der Waals surface area contributed by atoms with Crippen LogP contribution in [0.15, 0.2) is 18.2 Å². The monoisotopic (exact) mass is 322 g/mol. The fraction of sp³-hybridized carbons (Fsp3) is 0.611. The second-order valence-electron chi connectivity index (χ2n) is 6.45. The number of rotatable bonds is 3. The maximum atomic E-state index is 12.5. The van der Waals surface area contributed by atoms with Gasteiger partial charge in [-0.1, -0.05) is 18.2 Å². The molecule has 3 nitrogen and oxygen atoms in total. The van der Waals surface area contributed by atoms with Gasteiger partial charge in [-0.25, -0.2) is 0 Å². The van der Waals surface area contributed by atoms with E-state index in [-0.39, 0.29) is 18.3 Å². The van der Waals surface area contributed by atoms with Crippen molar-refractivity contribution in [3.05, 3.63) is 34.9 Å². The predicted octanol–water partition coefficient (Wildman–Crippen LogP) is 2.74. The number of likely N-dealkylation sites (N-methyl/N-ethyl adjacent to an activating group) is 1. The second-order valence-corrected chi connectivity index (χ2v) is 6.45. The second kappa shape index (κ2) is 7.98. The number of benzene rings is 1. The lowest BCUT2D eigenvalue weighted by Gasteiger charge is -2.32. The summed E-state index contributed by atoms with van der Waals surface area (Å²) in [4.78, 5) is 14.5. The maximum absolute atomic E-state index is 12.5. The van der Waals surface area contributed by atoms with E-state index in [0.29, 0.717) is 12.5 Å². The topological polar surface area (TPSA) is 32.3 Å². The highest BCUT2D eigenvalue weighted by molar-refractivity contribution is 5.85. The number of halogens is 1. The number of hydrogen-bond acceptors (Lipinski definition) is 2. The van der Waals surface area contributed by atoms with Gasteiger partial charge in [0.1, 0.15) is 0 Å². The molecule has 1 atom stereocenters. The van der Waals surface area contributed by atoms with E-state index in [0.717, 1.165) is 19.5 Å². The molecular formula is C18H27ClN2O. The van der Waals surface area contributed by atoms with E-state index in [2.05, 4.69) is 23.5 Å². The third-order valence-corrected chi connectivity index (χ3v) is 4.95. The zero-order chi connectivity index (χ0) is 14.7. The molecule has 22 heavy (non-hydrogen) atoms. The van der Waals surface area contributed by atoms with Crippen molar-refractivity contribution < 1.29 is 4.79 Å². The zero-order valence-corrected chi connectivity index (χ0v) is 14.3. The van der Waals surface area contributed by atoms with E-state index >= 15 is 0 Å². The molecular weight excluding hydrogens is 296 g/mol. The van der Waals surface area contributed by atoms with Crippen molar-refractivity contribution in [3.63, 3.8) is 0 Å². The van der Waals surface area contributed by atoms with Crippen molar-refractivity contribution in [2.75, 3.05) is 20.1 Å². The number of nitrogens with zero attached hydrogens (tertiary/aromatic N) is 1. The first kappa shape index (κ1) is 17.3. The lowest BCUT2D eigenvalue weighted by Crippen LogP contribution is -2.47. The van der Waals surface area contributed by atoms with E-state index in [1.54, 1.807) is 0 Å². The Kier molecular flexibility index (Phi) is 6.27. The van der Waals surface area contributed by atoms with Crippen LogP contribution in [0.2, 0.25) is 0 Å². The van der Waals surface area contributed by atoms with Gasteiger partial charge in [-0.2, -0.15) is 0 Å². The van der Waals surface area contributed by atoms with Gasteiger partial charge in [0.05, 0.1) is 6.42 Å². The number of piperidine rings is 1. The van der Waals surface area contributed by atoms with Crippen LogP contribution in [0.25, 0.3) is 0 Å². The molecule has 4 heteroatoms. The molecule has 1 heterocycles. The molecule has 122 valence electrons. The first-order chi connectivity index (χ1) is 10.3. The van der Waals surface area contributed by atoms with Gasteiger partial charge in [0.2, 0.25) is 5.91 Å². The standard InChI is InChI=1S/C18H26N2O.ClH/c1-19-17-7-4-10-20(13-17)18(21)12-14-8-9-15-5-2-3-6-16(15)11-14;/h8-9,11,17,19H,2-7,10,12-13H2,1H3;1H. The van der Waals surface area contributed by atoms with Crippen LogP contribution in [-0.2, 0) is 24.1 Å². The van der Waals surface area contributed by atoms with Crippen molar-refractivity contribution in [1.82, 2.24) is 10.2 Å². The van der Waals surface area contributed by atoms with Gasteiger partial charge >= 0.3 is 0 Å². The molecule has 0 bridgehead atoms. The van der Waals surface area contributed by atoms with Gasteiger partial charge in [-0.3, -0.25) is 4.79 Å². The summed E-state index contributed by atoms with van der Waals surface area (Å²) in [6.07, 6.45) is 7.84. The van der Waals surface area contributed by atoms with Crippen molar-refractivity contribution in [2.24, 2.45) is 0 Å². The van der Waals surface area contributed by atoms with Crippen LogP contribution in [0.1, 0.15) is 42.4 Å². The minimum Gasteiger partial charge on any atom is -0.341 e. The molecule has 1 aromatic carbocycles. The van der Waals surface area contributed by atoms with Gasteiger partial charge < -0.3 is 10.2 Å². The zero-order valence-electron chi connectivity index (χ0n) is 13.4. The maximum Gasteiger partial charge on any atom is 0.227 e. The smallest absolute Gasteiger partial charge is 0.227 e. The highest BCUT2D eigenvalue weighted by Crippen LogP contribution is 2.23. The van der Waals surface area contributed by atoms with Crippen molar-refractivity contribution >= 4 is 18.3 Å². The van der Waals surface area contributed by atoms with Gasteiger partial charge in [-0.05, 0) is 62.3 Å². The molecule has 1 fully saturated rings. The fourth-order valence-electron chi connectivity index (χ4n) is 3.62. The fourth-order valence-corrected chi connectivity index (χ4v) is 3.62. The average Bonchev–Trinajstić information content (AvgIpc) is 2.54. The number of amides is 1. The van der Waals surface area contributed by atoms with Crippen molar-refractivity contribution in [2.45, 2.75) is 51.0 Å². The summed E-state index contributed by atoms with van der Waals surface area (Å²) in [6.45, 7) is 1.78. The van der Waals surface area contributed by atoms with E-state index in [4.69, 9.17) is 0 Å². The lowest BCUT2D eigenvalue weighted by molar-refractivity contribution is -0.131. The van der Waals surface area contributed by atoms with Crippen LogP contribution < -0.4 is 5.32 Å². The van der Waals surface area contributed by atoms with Crippen LogP contribution in [0, 0.1) is 0 Å². The Hall–Kier alpha value is -1.06. The van der Waals surface area contributed by atoms with Gasteiger partial charge in [0, 0.05) is 19.1 Å². The molecule has 1 aliphatic heterocycles. The average molecular weight is 323 g/mol. The highest BCUT2D eigenvalue weighted by atomic mass is 35.5. The lowest BCUT2D eigenvalue weighted by atomic mass is 9.90. The molecule has 3 rings (SSSR count). The largest absolute Gasteiger partial charge is 0.341 e. The third-order valence-electron chi connectivity index (χ3n) is 4.95. The Morgan fingerprint density at radius 2 is 2.00 bits per heavy atom. The minimum absolute atomic E-state index is 0. The summed E-state index contributed by atoms with van der Waals surface area (Å²) >= 11 is 0. The molecule has 0 spiro atoms. The van der Waals surface area contributed by atoms with Gasteiger partial charge in [0.25, 0.3) is 0 Å². The number of likely N-dealkylation sites (tertiary alicyclic amines) is 1.